The summed E-state index contributed by atoms with van der Waals surface area (Å²) < 4.78 is 38.8. The monoisotopic (exact) mass is 331 g/mol. The van der Waals surface area contributed by atoms with Gasteiger partial charge in [0.15, 0.2) is 9.84 Å². The van der Waals surface area contributed by atoms with Gasteiger partial charge in [-0.05, 0) is 29.8 Å². The number of halogens is 1. The van der Waals surface area contributed by atoms with Crippen LogP contribution in [0.15, 0.2) is 59.5 Å². The Balaban J connectivity index is 2.07. The third-order valence-corrected chi connectivity index (χ3v) is 6.65. The van der Waals surface area contributed by atoms with Gasteiger partial charge in [-0.2, -0.15) is 5.26 Å². The van der Waals surface area contributed by atoms with Crippen molar-refractivity contribution in [3.05, 3.63) is 66.0 Å². The van der Waals surface area contributed by atoms with E-state index in [1.165, 1.54) is 36.4 Å². The normalized spacial score (nSPS) is 26.5. The van der Waals surface area contributed by atoms with Gasteiger partial charge in [0.05, 0.1) is 22.8 Å². The van der Waals surface area contributed by atoms with Crippen molar-refractivity contribution in [2.45, 2.75) is 16.1 Å². The highest BCUT2D eigenvalue weighted by molar-refractivity contribution is 7.92. The van der Waals surface area contributed by atoms with Gasteiger partial charge >= 0.3 is 0 Å². The van der Waals surface area contributed by atoms with Crippen LogP contribution in [0.3, 0.4) is 0 Å². The molecular weight excluding hydrogens is 317 g/mol. The summed E-state index contributed by atoms with van der Waals surface area (Å²) >= 11 is 0. The number of benzene rings is 2. The minimum Gasteiger partial charge on any atom is -0.395 e. The van der Waals surface area contributed by atoms with Crippen LogP contribution in [-0.4, -0.2) is 25.4 Å². The standard InChI is InChI=1S/C17H14FNO3S/c18-13-8-6-12(7-9-13)15-16(17(15,10-19)11-20)23(21,22)14-4-2-1-3-5-14/h1-9,15-16,20H,11H2/t15-,16+,17-/m1/s1. The van der Waals surface area contributed by atoms with Crippen LogP contribution in [-0.2, 0) is 9.84 Å². The molecule has 6 heteroatoms. The smallest absolute Gasteiger partial charge is 0.183 e. The fourth-order valence-corrected chi connectivity index (χ4v) is 5.45. The van der Waals surface area contributed by atoms with Gasteiger partial charge in [-0.15, -0.1) is 0 Å². The maximum atomic E-state index is 13.1. The van der Waals surface area contributed by atoms with Gasteiger partial charge in [0.25, 0.3) is 0 Å². The van der Waals surface area contributed by atoms with E-state index < -0.39 is 38.8 Å². The molecule has 1 aliphatic carbocycles. The molecule has 1 N–H and O–H groups in total. The molecule has 0 radical (unpaired) electrons. The molecule has 0 saturated heterocycles. The first-order valence-electron chi connectivity index (χ1n) is 7.04. The van der Waals surface area contributed by atoms with Crippen LogP contribution in [0.25, 0.3) is 0 Å². The fourth-order valence-electron chi connectivity index (χ4n) is 3.12. The summed E-state index contributed by atoms with van der Waals surface area (Å²) in [4.78, 5) is 0.114. The molecular formula is C17H14FNO3S. The molecule has 0 unspecified atom stereocenters. The molecule has 3 rings (SSSR count). The Bertz CT molecular complexity index is 859. The molecule has 1 saturated carbocycles. The molecule has 0 spiro atoms. The molecule has 4 nitrogen and oxygen atoms in total. The van der Waals surface area contributed by atoms with E-state index in [-0.39, 0.29) is 4.90 Å². The topological polar surface area (TPSA) is 78.2 Å². The quantitative estimate of drug-likeness (QED) is 0.932. The number of nitriles is 1. The van der Waals surface area contributed by atoms with Crippen LogP contribution in [0.2, 0.25) is 0 Å². The second-order valence-electron chi connectivity index (χ2n) is 5.62. The van der Waals surface area contributed by atoms with E-state index in [1.807, 2.05) is 6.07 Å². The molecule has 0 bridgehead atoms. The highest BCUT2D eigenvalue weighted by Crippen LogP contribution is 2.63. The van der Waals surface area contributed by atoms with Crippen molar-refractivity contribution in [2.75, 3.05) is 6.61 Å². The Hall–Kier alpha value is -2.23. The summed E-state index contributed by atoms with van der Waals surface area (Å²) in [5, 5.41) is 18.1. The number of hydrogen-bond acceptors (Lipinski definition) is 4. The van der Waals surface area contributed by atoms with Crippen molar-refractivity contribution in [2.24, 2.45) is 5.41 Å². The summed E-state index contributed by atoms with van der Waals surface area (Å²) in [7, 11) is -3.78. The average Bonchev–Trinajstić information content (AvgIpc) is 3.27. The van der Waals surface area contributed by atoms with Crippen LogP contribution in [0, 0.1) is 22.6 Å². The van der Waals surface area contributed by atoms with E-state index in [9.17, 15) is 23.2 Å². The maximum absolute atomic E-state index is 13.1. The first-order chi connectivity index (χ1) is 11.0. The lowest BCUT2D eigenvalue weighted by Gasteiger charge is -2.05. The summed E-state index contributed by atoms with van der Waals surface area (Å²) in [6.45, 7) is -0.567. The molecule has 118 valence electrons. The molecule has 0 aromatic heterocycles. The molecule has 23 heavy (non-hydrogen) atoms. The zero-order valence-electron chi connectivity index (χ0n) is 12.1. The molecule has 1 aliphatic rings. The van der Waals surface area contributed by atoms with E-state index in [0.29, 0.717) is 5.56 Å². The van der Waals surface area contributed by atoms with Gasteiger partial charge in [-0.1, -0.05) is 30.3 Å². The number of aliphatic hydroxyl groups is 1. The van der Waals surface area contributed by atoms with Gasteiger partial charge in [0.2, 0.25) is 0 Å². The van der Waals surface area contributed by atoms with Crippen LogP contribution >= 0.6 is 0 Å². The molecule has 0 aliphatic heterocycles. The number of hydrogen-bond donors (Lipinski definition) is 1. The zero-order chi connectivity index (χ0) is 16.7. The molecule has 3 atom stereocenters. The third-order valence-electron chi connectivity index (χ3n) is 4.36. The van der Waals surface area contributed by atoms with Crippen LogP contribution < -0.4 is 0 Å². The van der Waals surface area contributed by atoms with E-state index in [1.54, 1.807) is 18.2 Å². The number of rotatable bonds is 4. The van der Waals surface area contributed by atoms with Crippen molar-refractivity contribution in [3.63, 3.8) is 0 Å². The minimum atomic E-state index is -3.78. The Labute approximate surface area is 133 Å². The molecule has 0 amide bonds. The zero-order valence-corrected chi connectivity index (χ0v) is 12.9. The van der Waals surface area contributed by atoms with E-state index in [0.717, 1.165) is 0 Å². The second kappa shape index (κ2) is 5.44. The summed E-state index contributed by atoms with van der Waals surface area (Å²) in [5.41, 5.74) is -0.863. The van der Waals surface area contributed by atoms with Crippen LogP contribution in [0.1, 0.15) is 11.5 Å². The molecule has 2 aromatic rings. The van der Waals surface area contributed by atoms with Crippen molar-refractivity contribution in [1.82, 2.24) is 0 Å². The van der Waals surface area contributed by atoms with Crippen molar-refractivity contribution in [3.8, 4) is 6.07 Å². The van der Waals surface area contributed by atoms with E-state index >= 15 is 0 Å². The SMILES string of the molecule is N#C[C@@]1(CO)[C@H](c2ccc(F)cc2)[C@@H]1S(=O)(=O)c1ccccc1. The molecule has 0 heterocycles. The first kappa shape index (κ1) is 15.7. The van der Waals surface area contributed by atoms with E-state index in [2.05, 4.69) is 0 Å². The third kappa shape index (κ3) is 2.33. The first-order valence-corrected chi connectivity index (χ1v) is 8.58. The average molecular weight is 331 g/mol. The molecule has 1 fully saturated rings. The summed E-state index contributed by atoms with van der Waals surface area (Å²) in [6, 6.07) is 15.2. The van der Waals surface area contributed by atoms with Gasteiger partial charge < -0.3 is 5.11 Å². The summed E-state index contributed by atoms with van der Waals surface area (Å²) in [6.07, 6.45) is 0. The Morgan fingerprint density at radius 2 is 1.74 bits per heavy atom. The fraction of sp³-hybridized carbons (Fsp3) is 0.235. The minimum absolute atomic E-state index is 0.114. The Morgan fingerprint density at radius 3 is 2.26 bits per heavy atom. The van der Waals surface area contributed by atoms with Crippen LogP contribution in [0.4, 0.5) is 4.39 Å². The lowest BCUT2D eigenvalue weighted by atomic mass is 10.0. The van der Waals surface area contributed by atoms with Crippen LogP contribution in [0.5, 0.6) is 0 Å². The highest BCUT2D eigenvalue weighted by Gasteiger charge is 2.72. The van der Waals surface area contributed by atoms with Crippen molar-refractivity contribution < 1.29 is 17.9 Å². The van der Waals surface area contributed by atoms with Gasteiger partial charge in [-0.3, -0.25) is 0 Å². The number of aliphatic hydroxyl groups excluding tert-OH is 1. The van der Waals surface area contributed by atoms with Crippen molar-refractivity contribution >= 4 is 9.84 Å². The maximum Gasteiger partial charge on any atom is 0.183 e. The highest BCUT2D eigenvalue weighted by atomic mass is 32.2. The number of nitrogens with zero attached hydrogens (tertiary/aromatic N) is 1. The summed E-state index contributed by atoms with van der Waals surface area (Å²) in [5.74, 6) is -1.12. The van der Waals surface area contributed by atoms with Gasteiger partial charge in [0, 0.05) is 5.92 Å². The lowest BCUT2D eigenvalue weighted by Crippen LogP contribution is -2.18. The number of sulfone groups is 1. The van der Waals surface area contributed by atoms with Gasteiger partial charge in [0.1, 0.15) is 11.2 Å². The predicted molar refractivity (Wildman–Crippen MR) is 81.7 cm³/mol. The van der Waals surface area contributed by atoms with Gasteiger partial charge in [-0.25, -0.2) is 12.8 Å². The molecule has 2 aromatic carbocycles. The lowest BCUT2D eigenvalue weighted by molar-refractivity contribution is 0.242. The van der Waals surface area contributed by atoms with Crippen molar-refractivity contribution in [1.29, 1.82) is 5.26 Å². The Morgan fingerprint density at radius 1 is 1.13 bits per heavy atom. The van der Waals surface area contributed by atoms with E-state index in [4.69, 9.17) is 0 Å². The Kier molecular flexibility index (Phi) is 3.71. The largest absolute Gasteiger partial charge is 0.395 e. The predicted octanol–water partition coefficient (Wildman–Crippen LogP) is 2.27. The second-order valence-corrected chi connectivity index (χ2v) is 7.69.